The minimum Gasteiger partial charge on any atom is -0.494 e. The van der Waals surface area contributed by atoms with Crippen LogP contribution in [0.3, 0.4) is 0 Å². The third-order valence-electron chi connectivity index (χ3n) is 3.99. The van der Waals surface area contributed by atoms with Gasteiger partial charge in [0.25, 0.3) is 5.56 Å². The van der Waals surface area contributed by atoms with E-state index < -0.39 is 11.2 Å². The number of hydrogen-bond donors (Lipinski definition) is 2. The molecule has 20 heavy (non-hydrogen) atoms. The summed E-state index contributed by atoms with van der Waals surface area (Å²) in [6.07, 6.45) is 0.391. The molecule has 0 spiro atoms. The van der Waals surface area contributed by atoms with Gasteiger partial charge in [-0.25, -0.2) is 4.79 Å². The Morgan fingerprint density at radius 1 is 1.30 bits per heavy atom. The van der Waals surface area contributed by atoms with Crippen molar-refractivity contribution in [1.29, 1.82) is 0 Å². The van der Waals surface area contributed by atoms with Crippen LogP contribution in [-0.4, -0.2) is 64.2 Å². The Morgan fingerprint density at radius 3 is 2.65 bits per heavy atom. The monoisotopic (exact) mass is 282 g/mol. The minimum absolute atomic E-state index is 0.132. The van der Waals surface area contributed by atoms with Crippen molar-refractivity contribution in [1.82, 2.24) is 19.4 Å². The van der Waals surface area contributed by atoms with Crippen LogP contribution in [-0.2, 0) is 13.0 Å². The first-order valence-corrected chi connectivity index (χ1v) is 6.87. The van der Waals surface area contributed by atoms with E-state index >= 15 is 0 Å². The number of nitrogens with zero attached hydrogens (tertiary/aromatic N) is 3. The molecule has 2 rings (SSSR count). The van der Waals surface area contributed by atoms with Crippen molar-refractivity contribution in [2.75, 3.05) is 33.7 Å². The van der Waals surface area contributed by atoms with E-state index in [2.05, 4.69) is 14.8 Å². The third-order valence-corrected chi connectivity index (χ3v) is 3.99. The standard InChI is InChI=1S/C13H22N4O3/c1-4-10-11(18)14-13(20)17(12(10)19)8-9-7-15(2)5-6-16(9)3/h9,19H,4-8H2,1-3H3,(H,14,18,20). The van der Waals surface area contributed by atoms with Gasteiger partial charge in [0.1, 0.15) is 0 Å². The maximum Gasteiger partial charge on any atom is 0.331 e. The predicted octanol–water partition coefficient (Wildman–Crippen LogP) is -0.950. The summed E-state index contributed by atoms with van der Waals surface area (Å²) >= 11 is 0. The summed E-state index contributed by atoms with van der Waals surface area (Å²) in [5.41, 5.74) is -0.789. The highest BCUT2D eigenvalue weighted by Crippen LogP contribution is 2.14. The van der Waals surface area contributed by atoms with Gasteiger partial charge in [0, 0.05) is 32.2 Å². The van der Waals surface area contributed by atoms with Gasteiger partial charge in [0.15, 0.2) is 0 Å². The average Bonchev–Trinajstić information content (AvgIpc) is 2.38. The molecule has 7 nitrogen and oxygen atoms in total. The summed E-state index contributed by atoms with van der Waals surface area (Å²) in [6, 6.07) is 0.132. The molecule has 1 saturated heterocycles. The fourth-order valence-corrected chi connectivity index (χ4v) is 2.60. The van der Waals surface area contributed by atoms with Crippen LogP contribution in [0.1, 0.15) is 12.5 Å². The van der Waals surface area contributed by atoms with E-state index in [-0.39, 0.29) is 17.5 Å². The Morgan fingerprint density at radius 2 is 2.00 bits per heavy atom. The molecule has 0 aromatic carbocycles. The van der Waals surface area contributed by atoms with Gasteiger partial charge in [-0.15, -0.1) is 0 Å². The first-order chi connectivity index (χ1) is 9.43. The van der Waals surface area contributed by atoms with Crippen molar-refractivity contribution in [2.24, 2.45) is 0 Å². The van der Waals surface area contributed by atoms with Gasteiger partial charge in [-0.05, 0) is 20.5 Å². The van der Waals surface area contributed by atoms with Gasteiger partial charge in [-0.1, -0.05) is 6.92 Å². The molecule has 1 aromatic rings. The zero-order chi connectivity index (χ0) is 14.9. The number of hydrogen-bond acceptors (Lipinski definition) is 5. The molecule has 1 aliphatic rings. The zero-order valence-electron chi connectivity index (χ0n) is 12.2. The molecule has 0 saturated carbocycles. The summed E-state index contributed by atoms with van der Waals surface area (Å²) in [5, 5.41) is 10.1. The molecule has 112 valence electrons. The van der Waals surface area contributed by atoms with E-state index in [0.29, 0.717) is 13.0 Å². The van der Waals surface area contributed by atoms with Crippen molar-refractivity contribution in [3.05, 3.63) is 26.4 Å². The first-order valence-electron chi connectivity index (χ1n) is 6.87. The van der Waals surface area contributed by atoms with Crippen molar-refractivity contribution < 1.29 is 5.11 Å². The second-order valence-electron chi connectivity index (χ2n) is 5.42. The molecule has 2 N–H and O–H groups in total. The van der Waals surface area contributed by atoms with Crippen molar-refractivity contribution in [2.45, 2.75) is 25.9 Å². The number of aromatic amines is 1. The average molecular weight is 282 g/mol. The lowest BCUT2D eigenvalue weighted by Crippen LogP contribution is -2.52. The largest absolute Gasteiger partial charge is 0.494 e. The lowest BCUT2D eigenvalue weighted by atomic mass is 10.1. The molecule has 1 fully saturated rings. The highest BCUT2D eigenvalue weighted by atomic mass is 16.3. The summed E-state index contributed by atoms with van der Waals surface area (Å²) in [4.78, 5) is 30.1. The van der Waals surface area contributed by atoms with Gasteiger partial charge in [0.2, 0.25) is 5.88 Å². The van der Waals surface area contributed by atoms with E-state index in [1.54, 1.807) is 6.92 Å². The molecule has 1 aliphatic heterocycles. The maximum atomic E-state index is 11.9. The molecule has 0 amide bonds. The minimum atomic E-state index is -0.550. The van der Waals surface area contributed by atoms with Crippen LogP contribution in [0.5, 0.6) is 5.88 Å². The number of H-pyrrole nitrogens is 1. The van der Waals surface area contributed by atoms with E-state index in [1.165, 1.54) is 4.57 Å². The second kappa shape index (κ2) is 5.80. The van der Waals surface area contributed by atoms with Gasteiger partial charge >= 0.3 is 5.69 Å². The SMILES string of the molecule is CCc1c(O)n(CC2CN(C)CCN2C)c(=O)[nH]c1=O. The van der Waals surface area contributed by atoms with Crippen LogP contribution in [0.15, 0.2) is 9.59 Å². The van der Waals surface area contributed by atoms with Gasteiger partial charge < -0.3 is 10.0 Å². The molecule has 7 heteroatoms. The van der Waals surface area contributed by atoms with E-state index in [4.69, 9.17) is 0 Å². The van der Waals surface area contributed by atoms with Crippen LogP contribution in [0.25, 0.3) is 0 Å². The van der Waals surface area contributed by atoms with Crippen LogP contribution in [0.4, 0.5) is 0 Å². The molecular weight excluding hydrogens is 260 g/mol. The molecule has 0 radical (unpaired) electrons. The second-order valence-corrected chi connectivity index (χ2v) is 5.42. The molecule has 2 heterocycles. The number of nitrogens with one attached hydrogen (secondary N) is 1. The summed E-state index contributed by atoms with van der Waals surface area (Å²) in [5.74, 6) is -0.206. The summed E-state index contributed by atoms with van der Waals surface area (Å²) in [7, 11) is 4.04. The van der Waals surface area contributed by atoms with Crippen LogP contribution in [0.2, 0.25) is 0 Å². The maximum absolute atomic E-state index is 11.9. The van der Waals surface area contributed by atoms with E-state index in [9.17, 15) is 14.7 Å². The topological polar surface area (TPSA) is 81.6 Å². The van der Waals surface area contributed by atoms with Gasteiger partial charge in [-0.2, -0.15) is 0 Å². The van der Waals surface area contributed by atoms with Crippen molar-refractivity contribution in [3.8, 4) is 5.88 Å². The van der Waals surface area contributed by atoms with Gasteiger partial charge in [-0.3, -0.25) is 19.2 Å². The highest BCUT2D eigenvalue weighted by molar-refractivity contribution is 5.22. The molecule has 1 unspecified atom stereocenters. The Hall–Kier alpha value is -1.60. The molecule has 1 atom stereocenters. The quantitative estimate of drug-likeness (QED) is 0.747. The molecule has 0 aliphatic carbocycles. The van der Waals surface area contributed by atoms with E-state index in [0.717, 1.165) is 19.6 Å². The Bertz CT molecular complexity index is 592. The fraction of sp³-hybridized carbons (Fsp3) is 0.692. The highest BCUT2D eigenvalue weighted by Gasteiger charge is 2.24. The summed E-state index contributed by atoms with van der Waals surface area (Å²) < 4.78 is 1.26. The third kappa shape index (κ3) is 2.78. The van der Waals surface area contributed by atoms with Crippen LogP contribution >= 0.6 is 0 Å². The number of aromatic hydroxyl groups is 1. The number of rotatable bonds is 3. The fourth-order valence-electron chi connectivity index (χ4n) is 2.60. The number of aromatic nitrogens is 2. The lowest BCUT2D eigenvalue weighted by molar-refractivity contribution is 0.0999. The van der Waals surface area contributed by atoms with Crippen LogP contribution in [0, 0.1) is 0 Å². The van der Waals surface area contributed by atoms with Crippen molar-refractivity contribution >= 4 is 0 Å². The normalized spacial score (nSPS) is 21.2. The molecule has 0 bridgehead atoms. The van der Waals surface area contributed by atoms with Gasteiger partial charge in [0.05, 0.1) is 5.56 Å². The predicted molar refractivity (Wildman–Crippen MR) is 76.3 cm³/mol. The smallest absolute Gasteiger partial charge is 0.331 e. The Kier molecular flexibility index (Phi) is 4.29. The molecule has 1 aromatic heterocycles. The molecular formula is C13H22N4O3. The van der Waals surface area contributed by atoms with E-state index in [1.807, 2.05) is 14.1 Å². The Labute approximate surface area is 117 Å². The van der Waals surface area contributed by atoms with Crippen molar-refractivity contribution in [3.63, 3.8) is 0 Å². The number of likely N-dealkylation sites (N-methyl/N-ethyl adjacent to an activating group) is 2. The zero-order valence-corrected chi connectivity index (χ0v) is 12.2. The summed E-state index contributed by atoms with van der Waals surface area (Å²) in [6.45, 7) is 4.87. The first kappa shape index (κ1) is 14.8. The van der Waals surface area contributed by atoms with Crippen LogP contribution < -0.4 is 11.2 Å². The lowest BCUT2D eigenvalue weighted by Gasteiger charge is -2.37. The number of piperazine rings is 1. The Balaban J connectivity index is 2.34.